The highest BCUT2D eigenvalue weighted by molar-refractivity contribution is 7.99. The summed E-state index contributed by atoms with van der Waals surface area (Å²) in [7, 11) is 0. The number of amidine groups is 1. The fourth-order valence-electron chi connectivity index (χ4n) is 7.15. The van der Waals surface area contributed by atoms with Gasteiger partial charge in [-0.15, -0.1) is 0 Å². The first-order valence-corrected chi connectivity index (χ1v) is 16.5. The van der Waals surface area contributed by atoms with E-state index in [4.69, 9.17) is 11.1 Å². The molecule has 47 heavy (non-hydrogen) atoms. The predicted octanol–water partition coefficient (Wildman–Crippen LogP) is 10.3. The third kappa shape index (κ3) is 4.05. The van der Waals surface area contributed by atoms with Gasteiger partial charge in [-0.3, -0.25) is 5.41 Å². The van der Waals surface area contributed by atoms with Gasteiger partial charge in [-0.05, 0) is 60.5 Å². The molecule has 0 saturated carbocycles. The Bertz CT molecular complexity index is 2650. The Hall–Kier alpha value is -5.85. The van der Waals surface area contributed by atoms with Gasteiger partial charge in [0.25, 0.3) is 0 Å². The maximum atomic E-state index is 8.86. The minimum atomic E-state index is 0.185. The minimum absolute atomic E-state index is 0.185. The molecule has 6 aromatic carbocycles. The summed E-state index contributed by atoms with van der Waals surface area (Å²) in [6.07, 6.45) is 3.42. The fraction of sp³-hybridized carbons (Fsp3) is 0.0244. The summed E-state index contributed by atoms with van der Waals surface area (Å²) in [5.74, 6) is 0.185. The van der Waals surface area contributed by atoms with Crippen LogP contribution < -0.4 is 5.73 Å². The molecule has 8 aromatic rings. The molecule has 0 aliphatic carbocycles. The lowest BCUT2D eigenvalue weighted by atomic mass is 9.96. The van der Waals surface area contributed by atoms with Crippen molar-refractivity contribution in [2.75, 3.05) is 0 Å². The van der Waals surface area contributed by atoms with Crippen molar-refractivity contribution >= 4 is 66.9 Å². The first-order chi connectivity index (χ1) is 23.1. The van der Waals surface area contributed by atoms with Gasteiger partial charge in [-0.2, -0.15) is 0 Å². The van der Waals surface area contributed by atoms with E-state index >= 15 is 0 Å². The number of fused-ring (bicyclic) bond motifs is 9. The van der Waals surface area contributed by atoms with Gasteiger partial charge >= 0.3 is 0 Å². The average molecular weight is 624 g/mol. The number of rotatable bonds is 5. The third-order valence-corrected chi connectivity index (χ3v) is 10.2. The second-order valence-corrected chi connectivity index (χ2v) is 12.8. The van der Waals surface area contributed by atoms with Crippen LogP contribution >= 0.6 is 11.8 Å². The van der Waals surface area contributed by atoms with Crippen LogP contribution in [0.15, 0.2) is 154 Å². The molecule has 0 bridgehead atoms. The SMILES string of the molecule is C/C=C\N=C(N)C(=N)c1ccccc1-c1cccc(-n2c3ccccc3c3c4c5ccccc5n5c4c(cc32)Sc2ccccc2-5)c1. The summed E-state index contributed by atoms with van der Waals surface area (Å²) in [4.78, 5) is 6.75. The van der Waals surface area contributed by atoms with E-state index in [2.05, 4.69) is 117 Å². The minimum Gasteiger partial charge on any atom is -0.382 e. The third-order valence-electron chi connectivity index (χ3n) is 9.09. The first kappa shape index (κ1) is 27.5. The quantitative estimate of drug-likeness (QED) is 0.148. The number of hydrogen-bond acceptors (Lipinski definition) is 3. The molecule has 0 atom stereocenters. The van der Waals surface area contributed by atoms with E-state index in [1.165, 1.54) is 53.6 Å². The van der Waals surface area contributed by atoms with Crippen molar-refractivity contribution in [2.45, 2.75) is 16.7 Å². The topological polar surface area (TPSA) is 72.1 Å². The lowest BCUT2D eigenvalue weighted by Crippen LogP contribution is -2.24. The fourth-order valence-corrected chi connectivity index (χ4v) is 8.26. The van der Waals surface area contributed by atoms with Crippen LogP contribution in [0.1, 0.15) is 12.5 Å². The van der Waals surface area contributed by atoms with Gasteiger partial charge < -0.3 is 14.9 Å². The number of nitrogens with two attached hydrogens (primary N) is 1. The zero-order valence-corrected chi connectivity index (χ0v) is 26.4. The summed E-state index contributed by atoms with van der Waals surface area (Å²) < 4.78 is 4.85. The highest BCUT2D eigenvalue weighted by Gasteiger charge is 2.27. The van der Waals surface area contributed by atoms with Crippen LogP contribution in [-0.2, 0) is 0 Å². The maximum Gasteiger partial charge on any atom is 0.149 e. The number of benzene rings is 6. The summed E-state index contributed by atoms with van der Waals surface area (Å²) in [6.45, 7) is 1.88. The Labute approximate surface area is 275 Å². The van der Waals surface area contributed by atoms with Crippen molar-refractivity contribution < 1.29 is 0 Å². The smallest absolute Gasteiger partial charge is 0.149 e. The van der Waals surface area contributed by atoms with Crippen molar-refractivity contribution in [1.82, 2.24) is 9.13 Å². The number of aromatic nitrogens is 2. The van der Waals surface area contributed by atoms with Crippen molar-refractivity contribution in [3.63, 3.8) is 0 Å². The summed E-state index contributed by atoms with van der Waals surface area (Å²) in [5, 5.41) is 13.9. The molecule has 0 fully saturated rings. The van der Waals surface area contributed by atoms with Crippen LogP contribution in [0, 0.1) is 5.41 Å². The van der Waals surface area contributed by atoms with E-state index < -0.39 is 0 Å². The van der Waals surface area contributed by atoms with E-state index in [1.54, 1.807) is 12.3 Å². The van der Waals surface area contributed by atoms with Crippen LogP contribution in [0.25, 0.3) is 66.1 Å². The highest BCUT2D eigenvalue weighted by Crippen LogP contribution is 2.51. The largest absolute Gasteiger partial charge is 0.382 e. The van der Waals surface area contributed by atoms with E-state index in [0.717, 1.165) is 27.9 Å². The Balaban J connectivity index is 1.33. The summed E-state index contributed by atoms with van der Waals surface area (Å²) in [5.41, 5.74) is 16.2. The molecule has 0 spiro atoms. The molecule has 2 aromatic heterocycles. The number of aliphatic imine (C=N–C) groups is 1. The summed E-state index contributed by atoms with van der Waals surface area (Å²) in [6, 6.07) is 45.1. The second kappa shape index (κ2) is 10.6. The van der Waals surface area contributed by atoms with E-state index in [1.807, 2.05) is 43.0 Å². The van der Waals surface area contributed by atoms with Crippen LogP contribution in [-0.4, -0.2) is 20.7 Å². The molecule has 0 saturated heterocycles. The lowest BCUT2D eigenvalue weighted by Gasteiger charge is -2.20. The molecule has 224 valence electrons. The molecule has 1 aliphatic rings. The van der Waals surface area contributed by atoms with E-state index in [9.17, 15) is 0 Å². The van der Waals surface area contributed by atoms with Gasteiger partial charge in [0, 0.05) is 48.8 Å². The molecule has 3 heterocycles. The molecule has 3 N–H and O–H groups in total. The molecule has 5 nitrogen and oxygen atoms in total. The molecular formula is C41H29N5S. The number of para-hydroxylation sites is 3. The monoisotopic (exact) mass is 623 g/mol. The average Bonchev–Trinajstić information content (AvgIpc) is 3.64. The number of allylic oxidation sites excluding steroid dienone is 1. The Morgan fingerprint density at radius 3 is 2.23 bits per heavy atom. The molecule has 6 heteroatoms. The van der Waals surface area contributed by atoms with Crippen molar-refractivity contribution in [2.24, 2.45) is 10.7 Å². The predicted molar refractivity (Wildman–Crippen MR) is 198 cm³/mol. The number of hydrogen-bond donors (Lipinski definition) is 2. The van der Waals surface area contributed by atoms with E-state index in [0.29, 0.717) is 0 Å². The van der Waals surface area contributed by atoms with E-state index in [-0.39, 0.29) is 11.5 Å². The van der Waals surface area contributed by atoms with Crippen LogP contribution in [0.5, 0.6) is 0 Å². The molecule has 1 aliphatic heterocycles. The molecule has 0 unspecified atom stereocenters. The van der Waals surface area contributed by atoms with Gasteiger partial charge in [0.2, 0.25) is 0 Å². The standard InChI is InChI=1S/C41H29N5S/c1-2-22-44-41(43)39(42)28-15-4-3-14-27(28)25-12-11-13-26(23-25)45-31-18-7-5-16-29(31)37-34(45)24-36-40-38(37)30-17-6-8-19-32(30)46(40)33-20-9-10-21-35(33)47-36/h2-24,42H,1H3,(H2,43,44)/b22-2-,42-39?. The van der Waals surface area contributed by atoms with Gasteiger partial charge in [-0.25, -0.2) is 4.99 Å². The zero-order valence-electron chi connectivity index (χ0n) is 25.6. The zero-order chi connectivity index (χ0) is 31.6. The van der Waals surface area contributed by atoms with Gasteiger partial charge in [0.05, 0.1) is 27.8 Å². The van der Waals surface area contributed by atoms with Crippen molar-refractivity contribution in [3.8, 4) is 22.5 Å². The second-order valence-electron chi connectivity index (χ2n) is 11.7. The normalized spacial score (nSPS) is 12.9. The van der Waals surface area contributed by atoms with Crippen LogP contribution in [0.3, 0.4) is 0 Å². The van der Waals surface area contributed by atoms with Gasteiger partial charge in [-0.1, -0.05) is 103 Å². The van der Waals surface area contributed by atoms with Gasteiger partial charge in [0.1, 0.15) is 11.5 Å². The summed E-state index contributed by atoms with van der Waals surface area (Å²) >= 11 is 1.85. The lowest BCUT2D eigenvalue weighted by molar-refractivity contribution is 1.09. The molecular weight excluding hydrogens is 595 g/mol. The molecule has 9 rings (SSSR count). The number of nitrogens with zero attached hydrogens (tertiary/aromatic N) is 3. The number of nitrogens with one attached hydrogen (secondary N) is 1. The Morgan fingerprint density at radius 1 is 0.702 bits per heavy atom. The van der Waals surface area contributed by atoms with Crippen LogP contribution in [0.2, 0.25) is 0 Å². The Kier molecular flexibility index (Phi) is 6.20. The van der Waals surface area contributed by atoms with Gasteiger partial charge in [0.15, 0.2) is 0 Å². The highest BCUT2D eigenvalue weighted by atomic mass is 32.2. The van der Waals surface area contributed by atoms with Crippen molar-refractivity contribution in [3.05, 3.63) is 145 Å². The van der Waals surface area contributed by atoms with Crippen molar-refractivity contribution in [1.29, 1.82) is 5.41 Å². The first-order valence-electron chi connectivity index (χ1n) is 15.6. The Morgan fingerprint density at radius 2 is 1.40 bits per heavy atom. The molecule has 0 radical (unpaired) electrons. The molecule has 0 amide bonds. The maximum absolute atomic E-state index is 8.86. The van der Waals surface area contributed by atoms with Crippen LogP contribution in [0.4, 0.5) is 0 Å².